The molecule has 2 N–H and O–H groups in total. The molecule has 1 heterocycles. The molecular weight excluding hydrogens is 394 g/mol. The summed E-state index contributed by atoms with van der Waals surface area (Å²) in [6, 6.07) is 12.8. The van der Waals surface area contributed by atoms with Crippen molar-refractivity contribution in [2.24, 2.45) is 0 Å². The van der Waals surface area contributed by atoms with Crippen molar-refractivity contribution in [1.29, 1.82) is 0 Å². The highest BCUT2D eigenvalue weighted by atomic mass is 32.2. The molecule has 0 saturated carbocycles. The molecule has 12 heteroatoms. The average molecular weight is 405 g/mol. The van der Waals surface area contributed by atoms with Gasteiger partial charge in [-0.1, -0.05) is 18.2 Å². The number of amides is 1. The van der Waals surface area contributed by atoms with Gasteiger partial charge in [0.25, 0.3) is 27.6 Å². The SMILES string of the molecule is O=C(Nc1nc(NS(=O)(=O)c2ccc([N+](=O)[O-])cc2)ns1)c1ccccc1. The molecular formula is C15H11N5O5S2. The van der Waals surface area contributed by atoms with E-state index in [0.29, 0.717) is 5.56 Å². The van der Waals surface area contributed by atoms with E-state index in [-0.39, 0.29) is 21.7 Å². The van der Waals surface area contributed by atoms with Crippen LogP contribution >= 0.6 is 11.5 Å². The fraction of sp³-hybridized carbons (Fsp3) is 0. The summed E-state index contributed by atoms with van der Waals surface area (Å²) in [5, 5.41) is 13.3. The number of anilines is 2. The lowest BCUT2D eigenvalue weighted by atomic mass is 10.2. The highest BCUT2D eigenvalue weighted by Gasteiger charge is 2.19. The lowest BCUT2D eigenvalue weighted by molar-refractivity contribution is -0.384. The predicted octanol–water partition coefficient (Wildman–Crippen LogP) is 2.50. The number of carbonyl (C=O) groups is 1. The van der Waals surface area contributed by atoms with Crippen molar-refractivity contribution in [2.75, 3.05) is 10.0 Å². The summed E-state index contributed by atoms with van der Waals surface area (Å²) in [6.45, 7) is 0. The summed E-state index contributed by atoms with van der Waals surface area (Å²) in [5.74, 6) is -0.627. The summed E-state index contributed by atoms with van der Waals surface area (Å²) >= 11 is 0.805. The van der Waals surface area contributed by atoms with E-state index >= 15 is 0 Å². The smallest absolute Gasteiger partial charge is 0.269 e. The van der Waals surface area contributed by atoms with Crippen LogP contribution in [-0.2, 0) is 10.0 Å². The molecule has 3 aromatic rings. The monoisotopic (exact) mass is 405 g/mol. The number of hydrogen-bond donors (Lipinski definition) is 2. The summed E-state index contributed by atoms with van der Waals surface area (Å²) < 4.78 is 30.6. The first-order valence-electron chi connectivity index (χ1n) is 7.32. The minimum absolute atomic E-state index is 0.116. The van der Waals surface area contributed by atoms with E-state index in [4.69, 9.17) is 0 Å². The molecule has 0 radical (unpaired) electrons. The molecule has 0 aliphatic rings. The number of non-ortho nitro benzene ring substituents is 1. The third kappa shape index (κ3) is 4.43. The molecule has 138 valence electrons. The van der Waals surface area contributed by atoms with Crippen LogP contribution in [0.1, 0.15) is 10.4 Å². The van der Waals surface area contributed by atoms with Crippen molar-refractivity contribution < 1.29 is 18.1 Å². The van der Waals surface area contributed by atoms with E-state index in [1.54, 1.807) is 30.3 Å². The maximum absolute atomic E-state index is 12.3. The number of sulfonamides is 1. The summed E-state index contributed by atoms with van der Waals surface area (Å²) in [7, 11) is -4.03. The van der Waals surface area contributed by atoms with Gasteiger partial charge in [-0.25, -0.2) is 13.1 Å². The molecule has 1 aromatic heterocycles. The van der Waals surface area contributed by atoms with E-state index in [0.717, 1.165) is 35.8 Å². The number of carbonyl (C=O) groups excluding carboxylic acids is 1. The molecule has 1 amide bonds. The van der Waals surface area contributed by atoms with Crippen LogP contribution in [0.25, 0.3) is 0 Å². The zero-order valence-corrected chi connectivity index (χ0v) is 15.0. The maximum atomic E-state index is 12.3. The van der Waals surface area contributed by atoms with Gasteiger partial charge in [-0.15, -0.1) is 0 Å². The number of hydrogen-bond acceptors (Lipinski definition) is 8. The molecule has 0 aliphatic carbocycles. The lowest BCUT2D eigenvalue weighted by Gasteiger charge is -2.04. The number of rotatable bonds is 6. The highest BCUT2D eigenvalue weighted by Crippen LogP contribution is 2.20. The highest BCUT2D eigenvalue weighted by molar-refractivity contribution is 7.92. The van der Waals surface area contributed by atoms with Crippen molar-refractivity contribution in [2.45, 2.75) is 4.90 Å². The summed E-state index contributed by atoms with van der Waals surface area (Å²) in [4.78, 5) is 25.8. The standard InChI is InChI=1S/C15H11N5O5S2/c21-13(10-4-2-1-3-5-10)16-15-17-14(18-26-15)19-27(24,25)12-8-6-11(7-9-12)20(22)23/h1-9H,(H2,16,17,18,19,21). The van der Waals surface area contributed by atoms with Gasteiger partial charge in [0.05, 0.1) is 9.82 Å². The number of aromatic nitrogens is 2. The van der Waals surface area contributed by atoms with Crippen LogP contribution in [0.2, 0.25) is 0 Å². The largest absolute Gasteiger partial charge is 0.297 e. The van der Waals surface area contributed by atoms with E-state index < -0.39 is 20.9 Å². The van der Waals surface area contributed by atoms with Crippen molar-refractivity contribution >= 4 is 44.2 Å². The Labute approximate surface area is 157 Å². The normalized spacial score (nSPS) is 11.0. The Hall–Kier alpha value is -3.38. The number of nitro groups is 1. The molecule has 0 saturated heterocycles. The Morgan fingerprint density at radius 1 is 1.07 bits per heavy atom. The number of nitro benzene ring substituents is 1. The Morgan fingerprint density at radius 3 is 2.37 bits per heavy atom. The van der Waals surface area contributed by atoms with Crippen LogP contribution in [0.15, 0.2) is 59.5 Å². The van der Waals surface area contributed by atoms with Crippen LogP contribution in [0.4, 0.5) is 16.8 Å². The Balaban J connectivity index is 1.71. The van der Waals surface area contributed by atoms with Gasteiger partial charge in [0.2, 0.25) is 5.13 Å². The van der Waals surface area contributed by atoms with E-state index in [1.807, 2.05) is 0 Å². The second-order valence-electron chi connectivity index (χ2n) is 5.10. The molecule has 0 fully saturated rings. The molecule has 0 atom stereocenters. The average Bonchev–Trinajstić information content (AvgIpc) is 3.08. The minimum atomic E-state index is -4.03. The minimum Gasteiger partial charge on any atom is -0.297 e. The van der Waals surface area contributed by atoms with E-state index in [2.05, 4.69) is 19.4 Å². The zero-order chi connectivity index (χ0) is 19.4. The summed E-state index contributed by atoms with van der Waals surface area (Å²) in [6.07, 6.45) is 0. The van der Waals surface area contributed by atoms with Gasteiger partial charge < -0.3 is 0 Å². The fourth-order valence-electron chi connectivity index (χ4n) is 2.00. The van der Waals surface area contributed by atoms with Gasteiger partial charge in [-0.2, -0.15) is 9.36 Å². The van der Waals surface area contributed by atoms with Crippen LogP contribution in [-0.4, -0.2) is 28.6 Å². The molecule has 0 bridgehead atoms. The first-order chi connectivity index (χ1) is 12.8. The predicted molar refractivity (Wildman–Crippen MR) is 98.2 cm³/mol. The third-order valence-corrected chi connectivity index (χ3v) is 5.24. The van der Waals surface area contributed by atoms with Crippen LogP contribution in [0, 0.1) is 10.1 Å². The maximum Gasteiger partial charge on any atom is 0.269 e. The van der Waals surface area contributed by atoms with Gasteiger partial charge in [0, 0.05) is 29.2 Å². The number of benzene rings is 2. The van der Waals surface area contributed by atoms with Crippen molar-refractivity contribution in [3.8, 4) is 0 Å². The van der Waals surface area contributed by atoms with Gasteiger partial charge in [-0.3, -0.25) is 20.2 Å². The van der Waals surface area contributed by atoms with Crippen LogP contribution in [0.5, 0.6) is 0 Å². The molecule has 27 heavy (non-hydrogen) atoms. The van der Waals surface area contributed by atoms with E-state index in [9.17, 15) is 23.3 Å². The lowest BCUT2D eigenvalue weighted by Crippen LogP contribution is -2.14. The fourth-order valence-corrected chi connectivity index (χ4v) is 3.53. The molecule has 0 spiro atoms. The van der Waals surface area contributed by atoms with Gasteiger partial charge in [-0.05, 0) is 24.3 Å². The number of nitrogens with one attached hydrogen (secondary N) is 2. The van der Waals surface area contributed by atoms with Crippen LogP contribution < -0.4 is 10.0 Å². The Kier molecular flexibility index (Phi) is 5.09. The number of nitrogens with zero attached hydrogens (tertiary/aromatic N) is 3. The molecule has 10 nitrogen and oxygen atoms in total. The van der Waals surface area contributed by atoms with Crippen molar-refractivity contribution in [3.63, 3.8) is 0 Å². The molecule has 2 aromatic carbocycles. The van der Waals surface area contributed by atoms with Gasteiger partial charge >= 0.3 is 0 Å². The van der Waals surface area contributed by atoms with Crippen LogP contribution in [0.3, 0.4) is 0 Å². The molecule has 3 rings (SSSR count). The van der Waals surface area contributed by atoms with E-state index in [1.165, 1.54) is 0 Å². The quantitative estimate of drug-likeness (QED) is 0.473. The summed E-state index contributed by atoms with van der Waals surface area (Å²) in [5.41, 5.74) is 0.187. The third-order valence-electron chi connectivity index (χ3n) is 3.27. The molecule has 0 unspecified atom stereocenters. The second-order valence-corrected chi connectivity index (χ2v) is 7.53. The van der Waals surface area contributed by atoms with Gasteiger partial charge in [0.15, 0.2) is 0 Å². The second kappa shape index (κ2) is 7.47. The molecule has 0 aliphatic heterocycles. The Bertz CT molecular complexity index is 1080. The van der Waals surface area contributed by atoms with Crippen molar-refractivity contribution in [1.82, 2.24) is 9.36 Å². The topological polar surface area (TPSA) is 144 Å². The Morgan fingerprint density at radius 2 is 1.74 bits per heavy atom. The first kappa shape index (κ1) is 18.4. The zero-order valence-electron chi connectivity index (χ0n) is 13.4. The van der Waals surface area contributed by atoms with Crippen molar-refractivity contribution in [3.05, 3.63) is 70.3 Å². The first-order valence-corrected chi connectivity index (χ1v) is 9.58. The van der Waals surface area contributed by atoms with Gasteiger partial charge in [0.1, 0.15) is 0 Å².